The van der Waals surface area contributed by atoms with E-state index in [0.717, 1.165) is 22.1 Å². The summed E-state index contributed by atoms with van der Waals surface area (Å²) >= 11 is 7.70. The molecular weight excluding hydrogens is 416 g/mol. The topological polar surface area (TPSA) is 66.5 Å². The first kappa shape index (κ1) is 22.6. The van der Waals surface area contributed by atoms with E-state index in [1.165, 1.54) is 17.2 Å². The van der Waals surface area contributed by atoms with Gasteiger partial charge >= 0.3 is 0 Å². The fraction of sp³-hybridized carbons (Fsp3) is 0.350. The molecule has 0 aliphatic carbocycles. The summed E-state index contributed by atoms with van der Waals surface area (Å²) in [6, 6.07) is 13.8. The highest BCUT2D eigenvalue weighted by molar-refractivity contribution is 7.98. The standard InChI is InChI=1S/C20H25ClN2O3S2/c1-15-7-4-5-8-17(15)14-27-12-11-22-20(24)16(2)23(28(3,25)26)19-10-6-9-18(21)13-19/h4-10,13,16H,11-12,14H2,1-3H3,(H,22,24)/t16-/m0/s1. The number of anilines is 1. The van der Waals surface area contributed by atoms with Gasteiger partial charge in [-0.1, -0.05) is 41.9 Å². The summed E-state index contributed by atoms with van der Waals surface area (Å²) in [5, 5.41) is 3.23. The third kappa shape index (κ3) is 6.43. The lowest BCUT2D eigenvalue weighted by molar-refractivity contribution is -0.121. The Kier molecular flexibility index (Phi) is 8.22. The Bertz CT molecular complexity index is 919. The van der Waals surface area contributed by atoms with Gasteiger partial charge in [0.25, 0.3) is 0 Å². The highest BCUT2D eigenvalue weighted by atomic mass is 35.5. The van der Waals surface area contributed by atoms with E-state index in [1.54, 1.807) is 36.9 Å². The monoisotopic (exact) mass is 440 g/mol. The molecule has 8 heteroatoms. The summed E-state index contributed by atoms with van der Waals surface area (Å²) in [5.74, 6) is 1.26. The maximum absolute atomic E-state index is 12.5. The third-order valence-electron chi connectivity index (χ3n) is 4.22. The van der Waals surface area contributed by atoms with Crippen molar-refractivity contribution in [3.8, 4) is 0 Å². The van der Waals surface area contributed by atoms with Crippen LogP contribution in [-0.4, -0.2) is 38.9 Å². The summed E-state index contributed by atoms with van der Waals surface area (Å²) in [7, 11) is -3.65. The highest BCUT2D eigenvalue weighted by Gasteiger charge is 2.29. The summed E-state index contributed by atoms with van der Waals surface area (Å²) < 4.78 is 25.6. The maximum Gasteiger partial charge on any atom is 0.243 e. The number of hydrogen-bond donors (Lipinski definition) is 1. The van der Waals surface area contributed by atoms with Crippen LogP contribution >= 0.6 is 23.4 Å². The predicted molar refractivity (Wildman–Crippen MR) is 119 cm³/mol. The van der Waals surface area contributed by atoms with Gasteiger partial charge in [0.2, 0.25) is 15.9 Å². The number of halogens is 1. The molecule has 1 amide bonds. The van der Waals surface area contributed by atoms with Crippen LogP contribution in [0, 0.1) is 6.92 Å². The number of benzene rings is 2. The lowest BCUT2D eigenvalue weighted by atomic mass is 10.1. The summed E-state index contributed by atoms with van der Waals surface area (Å²) in [4.78, 5) is 12.5. The molecule has 2 aromatic carbocycles. The number of carbonyl (C=O) groups excluding carboxylic acids is 1. The van der Waals surface area contributed by atoms with Gasteiger partial charge in [0, 0.05) is 23.1 Å². The average Bonchev–Trinajstić information content (AvgIpc) is 2.61. The molecule has 0 saturated carbocycles. The number of carbonyl (C=O) groups is 1. The number of amides is 1. The van der Waals surface area contributed by atoms with Gasteiger partial charge < -0.3 is 5.32 Å². The molecule has 0 bridgehead atoms. The number of nitrogens with zero attached hydrogens (tertiary/aromatic N) is 1. The zero-order chi connectivity index (χ0) is 20.7. The van der Waals surface area contributed by atoms with Crippen molar-refractivity contribution < 1.29 is 13.2 Å². The molecular formula is C20H25ClN2O3S2. The van der Waals surface area contributed by atoms with Crippen LogP contribution in [0.25, 0.3) is 0 Å². The van der Waals surface area contributed by atoms with Crippen molar-refractivity contribution in [1.82, 2.24) is 5.32 Å². The molecule has 0 saturated heterocycles. The molecule has 0 radical (unpaired) electrons. The largest absolute Gasteiger partial charge is 0.353 e. The van der Waals surface area contributed by atoms with Crippen LogP contribution in [0.5, 0.6) is 0 Å². The summed E-state index contributed by atoms with van der Waals surface area (Å²) in [6.07, 6.45) is 1.08. The second kappa shape index (κ2) is 10.2. The van der Waals surface area contributed by atoms with Crippen LogP contribution < -0.4 is 9.62 Å². The number of sulfonamides is 1. The minimum Gasteiger partial charge on any atom is -0.353 e. The highest BCUT2D eigenvalue weighted by Crippen LogP contribution is 2.24. The SMILES string of the molecule is Cc1ccccc1CSCCNC(=O)[C@H](C)N(c1cccc(Cl)c1)S(C)(=O)=O. The quantitative estimate of drug-likeness (QED) is 0.601. The third-order valence-corrected chi connectivity index (χ3v) is 6.70. The zero-order valence-corrected chi connectivity index (χ0v) is 18.6. The van der Waals surface area contributed by atoms with Crippen molar-refractivity contribution in [3.05, 3.63) is 64.7 Å². The Morgan fingerprint density at radius 3 is 2.57 bits per heavy atom. The van der Waals surface area contributed by atoms with Gasteiger partial charge in [0.1, 0.15) is 6.04 Å². The fourth-order valence-electron chi connectivity index (χ4n) is 2.77. The fourth-order valence-corrected chi connectivity index (χ4v) is 5.06. The summed E-state index contributed by atoms with van der Waals surface area (Å²) in [5.41, 5.74) is 2.89. The van der Waals surface area contributed by atoms with Crippen molar-refractivity contribution in [2.75, 3.05) is 22.9 Å². The number of rotatable bonds is 9. The van der Waals surface area contributed by atoms with Crippen LogP contribution in [0.15, 0.2) is 48.5 Å². The van der Waals surface area contributed by atoms with Gasteiger partial charge in [0.05, 0.1) is 11.9 Å². The Morgan fingerprint density at radius 2 is 1.93 bits per heavy atom. The molecule has 0 heterocycles. The molecule has 1 atom stereocenters. The number of thioether (sulfide) groups is 1. The molecule has 0 aromatic heterocycles. The van der Waals surface area contributed by atoms with Crippen molar-refractivity contribution in [2.24, 2.45) is 0 Å². The van der Waals surface area contributed by atoms with E-state index in [-0.39, 0.29) is 5.91 Å². The van der Waals surface area contributed by atoms with Crippen molar-refractivity contribution in [1.29, 1.82) is 0 Å². The number of aryl methyl sites for hydroxylation is 1. The Hall–Kier alpha value is -1.70. The Balaban J connectivity index is 1.91. The molecule has 152 valence electrons. The van der Waals surface area contributed by atoms with E-state index in [0.29, 0.717) is 17.3 Å². The Labute approximate surface area is 176 Å². The second-order valence-electron chi connectivity index (χ2n) is 6.48. The molecule has 2 aromatic rings. The van der Waals surface area contributed by atoms with E-state index >= 15 is 0 Å². The predicted octanol–water partition coefficient (Wildman–Crippen LogP) is 3.85. The molecule has 5 nitrogen and oxygen atoms in total. The second-order valence-corrected chi connectivity index (χ2v) is 9.89. The van der Waals surface area contributed by atoms with Gasteiger partial charge in [-0.05, 0) is 43.2 Å². The van der Waals surface area contributed by atoms with Crippen molar-refractivity contribution in [2.45, 2.75) is 25.6 Å². The van der Waals surface area contributed by atoms with Gasteiger partial charge in [-0.2, -0.15) is 11.8 Å². The molecule has 0 fully saturated rings. The van der Waals surface area contributed by atoms with Crippen molar-refractivity contribution >= 4 is 45.0 Å². The molecule has 0 aliphatic heterocycles. The Morgan fingerprint density at radius 1 is 1.21 bits per heavy atom. The van der Waals surface area contributed by atoms with Crippen LogP contribution in [0.1, 0.15) is 18.1 Å². The van der Waals surface area contributed by atoms with E-state index in [4.69, 9.17) is 11.6 Å². The van der Waals surface area contributed by atoms with E-state index < -0.39 is 16.1 Å². The van der Waals surface area contributed by atoms with Gasteiger partial charge in [-0.3, -0.25) is 9.10 Å². The normalized spacial score (nSPS) is 12.4. The van der Waals surface area contributed by atoms with Crippen LogP contribution in [0.2, 0.25) is 5.02 Å². The minimum atomic E-state index is -3.65. The molecule has 2 rings (SSSR count). The first-order chi connectivity index (χ1) is 13.2. The van der Waals surface area contributed by atoms with E-state index in [9.17, 15) is 13.2 Å². The van der Waals surface area contributed by atoms with Crippen LogP contribution in [0.4, 0.5) is 5.69 Å². The molecule has 0 spiro atoms. The molecule has 0 unspecified atom stereocenters. The van der Waals surface area contributed by atoms with Crippen LogP contribution in [0.3, 0.4) is 0 Å². The van der Waals surface area contributed by atoms with Crippen LogP contribution in [-0.2, 0) is 20.6 Å². The molecule has 0 aliphatic rings. The lowest BCUT2D eigenvalue weighted by Gasteiger charge is -2.28. The minimum absolute atomic E-state index is 0.345. The first-order valence-corrected chi connectivity index (χ1v) is 12.2. The number of nitrogens with one attached hydrogen (secondary N) is 1. The van der Waals surface area contributed by atoms with Gasteiger partial charge in [0.15, 0.2) is 0 Å². The molecule has 28 heavy (non-hydrogen) atoms. The smallest absolute Gasteiger partial charge is 0.243 e. The lowest BCUT2D eigenvalue weighted by Crippen LogP contribution is -2.48. The average molecular weight is 441 g/mol. The first-order valence-electron chi connectivity index (χ1n) is 8.85. The van der Waals surface area contributed by atoms with Gasteiger partial charge in [-0.25, -0.2) is 8.42 Å². The maximum atomic E-state index is 12.5. The van der Waals surface area contributed by atoms with E-state index in [1.807, 2.05) is 12.1 Å². The number of hydrogen-bond acceptors (Lipinski definition) is 4. The zero-order valence-electron chi connectivity index (χ0n) is 16.2. The van der Waals surface area contributed by atoms with Gasteiger partial charge in [-0.15, -0.1) is 0 Å². The van der Waals surface area contributed by atoms with E-state index in [2.05, 4.69) is 24.4 Å². The van der Waals surface area contributed by atoms with Crippen molar-refractivity contribution in [3.63, 3.8) is 0 Å². The molecule has 1 N–H and O–H groups in total. The summed E-state index contributed by atoms with van der Waals surface area (Å²) in [6.45, 7) is 4.11.